The average Bonchev–Trinajstić information content (AvgIpc) is 2.89. The van der Waals surface area contributed by atoms with Crippen LogP contribution in [0.4, 0.5) is 4.39 Å². The monoisotopic (exact) mass is 262 g/mol. The van der Waals surface area contributed by atoms with Crippen LogP contribution in [0.15, 0.2) is 41.4 Å². The van der Waals surface area contributed by atoms with Crippen LogP contribution in [-0.2, 0) is 6.54 Å². The van der Waals surface area contributed by atoms with Crippen molar-refractivity contribution in [1.29, 1.82) is 0 Å². The first kappa shape index (κ1) is 11.8. The van der Waals surface area contributed by atoms with Crippen molar-refractivity contribution in [2.75, 3.05) is 5.75 Å². The maximum Gasteiger partial charge on any atom is 0.123 e. The first-order valence-corrected chi connectivity index (χ1v) is 7.09. The highest BCUT2D eigenvalue weighted by Crippen LogP contribution is 2.36. The molecule has 1 aromatic heterocycles. The van der Waals surface area contributed by atoms with E-state index in [2.05, 4.69) is 16.4 Å². The number of fused-ring (bicyclic) bond motifs is 1. The van der Waals surface area contributed by atoms with Gasteiger partial charge in [0.2, 0.25) is 0 Å². The lowest BCUT2D eigenvalue weighted by Gasteiger charge is -2.26. The van der Waals surface area contributed by atoms with E-state index in [1.54, 1.807) is 12.1 Å². The Bertz CT molecular complexity index is 525. The molecule has 1 aliphatic rings. The molecule has 2 aromatic rings. The third-order valence-electron chi connectivity index (χ3n) is 3.21. The fraction of sp³-hybridized carbons (Fsp3) is 0.286. The molecule has 1 atom stereocenters. The zero-order chi connectivity index (χ0) is 12.4. The van der Waals surface area contributed by atoms with Crippen LogP contribution >= 0.6 is 11.8 Å². The highest BCUT2D eigenvalue weighted by molar-refractivity contribution is 7.99. The summed E-state index contributed by atoms with van der Waals surface area (Å²) in [5.41, 5.74) is 2.25. The Morgan fingerprint density at radius 2 is 2.33 bits per heavy atom. The van der Waals surface area contributed by atoms with Crippen molar-refractivity contribution in [1.82, 2.24) is 10.3 Å². The Labute approximate surface area is 110 Å². The number of hydrogen-bond donors (Lipinski definition) is 2. The predicted octanol–water partition coefficient (Wildman–Crippen LogP) is 3.48. The Kier molecular flexibility index (Phi) is 3.39. The van der Waals surface area contributed by atoms with Gasteiger partial charge in [0.1, 0.15) is 5.82 Å². The van der Waals surface area contributed by atoms with E-state index < -0.39 is 0 Å². The minimum Gasteiger partial charge on any atom is -0.364 e. The van der Waals surface area contributed by atoms with Gasteiger partial charge in [-0.15, -0.1) is 11.8 Å². The van der Waals surface area contributed by atoms with Gasteiger partial charge in [-0.05, 0) is 48.1 Å². The van der Waals surface area contributed by atoms with Crippen molar-refractivity contribution in [2.45, 2.75) is 23.9 Å². The molecule has 0 spiro atoms. The van der Waals surface area contributed by atoms with Gasteiger partial charge in [0, 0.05) is 29.4 Å². The smallest absolute Gasteiger partial charge is 0.123 e. The van der Waals surface area contributed by atoms with Crippen LogP contribution in [0.2, 0.25) is 0 Å². The zero-order valence-electron chi connectivity index (χ0n) is 9.95. The molecule has 2 heterocycles. The molecular formula is C14H15FN2S. The van der Waals surface area contributed by atoms with Crippen LogP contribution in [-0.4, -0.2) is 10.7 Å². The van der Waals surface area contributed by atoms with Crippen LogP contribution in [0.25, 0.3) is 0 Å². The van der Waals surface area contributed by atoms with Crippen molar-refractivity contribution in [3.8, 4) is 0 Å². The molecule has 0 radical (unpaired) electrons. The van der Waals surface area contributed by atoms with E-state index in [4.69, 9.17) is 0 Å². The van der Waals surface area contributed by atoms with E-state index >= 15 is 0 Å². The van der Waals surface area contributed by atoms with Crippen molar-refractivity contribution in [2.24, 2.45) is 0 Å². The summed E-state index contributed by atoms with van der Waals surface area (Å²) in [7, 11) is 0. The second-order valence-electron chi connectivity index (χ2n) is 4.45. The van der Waals surface area contributed by atoms with Crippen molar-refractivity contribution < 1.29 is 4.39 Å². The van der Waals surface area contributed by atoms with E-state index in [1.807, 2.05) is 30.1 Å². The topological polar surface area (TPSA) is 27.8 Å². The summed E-state index contributed by atoms with van der Waals surface area (Å²) < 4.78 is 13.3. The van der Waals surface area contributed by atoms with Gasteiger partial charge in [-0.3, -0.25) is 0 Å². The lowest BCUT2D eigenvalue weighted by molar-refractivity contribution is 0.501. The largest absolute Gasteiger partial charge is 0.364 e. The number of aromatic nitrogens is 1. The maximum absolute atomic E-state index is 13.3. The number of H-pyrrole nitrogens is 1. The number of rotatable bonds is 3. The summed E-state index contributed by atoms with van der Waals surface area (Å²) >= 11 is 1.81. The molecule has 1 unspecified atom stereocenters. The van der Waals surface area contributed by atoms with Crippen LogP contribution in [0.1, 0.15) is 23.7 Å². The average molecular weight is 262 g/mol. The summed E-state index contributed by atoms with van der Waals surface area (Å²) in [6.07, 6.45) is 2.96. The van der Waals surface area contributed by atoms with E-state index in [0.29, 0.717) is 0 Å². The van der Waals surface area contributed by atoms with E-state index in [0.717, 1.165) is 30.0 Å². The van der Waals surface area contributed by atoms with Crippen LogP contribution in [0.3, 0.4) is 0 Å². The lowest BCUT2D eigenvalue weighted by Crippen LogP contribution is -2.24. The number of hydrogen-bond acceptors (Lipinski definition) is 2. The molecule has 2 N–H and O–H groups in total. The van der Waals surface area contributed by atoms with Crippen molar-refractivity contribution in [3.63, 3.8) is 0 Å². The van der Waals surface area contributed by atoms with E-state index in [-0.39, 0.29) is 11.9 Å². The minimum absolute atomic E-state index is 0.150. The predicted molar refractivity (Wildman–Crippen MR) is 72.1 cm³/mol. The van der Waals surface area contributed by atoms with Gasteiger partial charge >= 0.3 is 0 Å². The lowest BCUT2D eigenvalue weighted by atomic mass is 10.0. The summed E-state index contributed by atoms with van der Waals surface area (Å²) in [6, 6.07) is 9.38. The number of thioether (sulfide) groups is 1. The Morgan fingerprint density at radius 1 is 1.39 bits per heavy atom. The van der Waals surface area contributed by atoms with Gasteiger partial charge in [-0.2, -0.15) is 0 Å². The van der Waals surface area contributed by atoms with Crippen molar-refractivity contribution >= 4 is 11.8 Å². The number of aromatic amines is 1. The van der Waals surface area contributed by atoms with E-state index in [1.165, 1.54) is 4.90 Å². The molecule has 18 heavy (non-hydrogen) atoms. The third kappa shape index (κ3) is 2.44. The summed E-state index contributed by atoms with van der Waals surface area (Å²) in [5.74, 6) is 0.934. The van der Waals surface area contributed by atoms with Gasteiger partial charge in [-0.1, -0.05) is 0 Å². The molecule has 0 bridgehead atoms. The number of halogens is 1. The molecule has 1 aromatic carbocycles. The molecule has 1 aliphatic heterocycles. The molecule has 0 saturated heterocycles. The second-order valence-corrected chi connectivity index (χ2v) is 5.58. The third-order valence-corrected chi connectivity index (χ3v) is 4.34. The van der Waals surface area contributed by atoms with Crippen molar-refractivity contribution in [3.05, 3.63) is 53.6 Å². The number of benzene rings is 1. The molecule has 0 saturated carbocycles. The van der Waals surface area contributed by atoms with E-state index in [9.17, 15) is 4.39 Å². The fourth-order valence-corrected chi connectivity index (χ4v) is 3.39. The zero-order valence-corrected chi connectivity index (χ0v) is 10.8. The summed E-state index contributed by atoms with van der Waals surface area (Å²) in [4.78, 5) is 4.37. The number of nitrogens with one attached hydrogen (secondary N) is 2. The van der Waals surface area contributed by atoms with Gasteiger partial charge in [0.25, 0.3) is 0 Å². The summed E-state index contributed by atoms with van der Waals surface area (Å²) in [5, 5.41) is 3.50. The quantitative estimate of drug-likeness (QED) is 0.886. The normalized spacial score (nSPS) is 18.6. The standard InChI is InChI=1S/C14H15FN2S/c15-10-3-4-14-12(8-10)13(5-7-18-14)17-9-11-2-1-6-16-11/h1-4,6,8,13,16-17H,5,7,9H2. The van der Waals surface area contributed by atoms with Crippen LogP contribution in [0, 0.1) is 5.82 Å². The highest BCUT2D eigenvalue weighted by atomic mass is 32.2. The van der Waals surface area contributed by atoms with Crippen LogP contribution < -0.4 is 5.32 Å². The van der Waals surface area contributed by atoms with Gasteiger partial charge in [0.05, 0.1) is 0 Å². The molecule has 0 amide bonds. The molecule has 2 nitrogen and oxygen atoms in total. The Morgan fingerprint density at radius 3 is 3.17 bits per heavy atom. The Balaban J connectivity index is 1.76. The van der Waals surface area contributed by atoms with Gasteiger partial charge in [0.15, 0.2) is 0 Å². The first-order valence-electron chi connectivity index (χ1n) is 6.11. The molecule has 94 valence electrons. The molecule has 0 aliphatic carbocycles. The van der Waals surface area contributed by atoms with Crippen LogP contribution in [0.5, 0.6) is 0 Å². The minimum atomic E-state index is -0.150. The van der Waals surface area contributed by atoms with Gasteiger partial charge < -0.3 is 10.3 Å². The summed E-state index contributed by atoms with van der Waals surface area (Å²) in [6.45, 7) is 0.790. The van der Waals surface area contributed by atoms with Gasteiger partial charge in [-0.25, -0.2) is 4.39 Å². The molecule has 0 fully saturated rings. The SMILES string of the molecule is Fc1ccc2c(c1)C(NCc1ccc[nH]1)CCS2. The first-order chi connectivity index (χ1) is 8.83. The second kappa shape index (κ2) is 5.16. The molecular weight excluding hydrogens is 247 g/mol. The Hall–Kier alpha value is -1.26. The maximum atomic E-state index is 13.3. The molecule has 4 heteroatoms. The molecule has 3 rings (SSSR count). The highest BCUT2D eigenvalue weighted by Gasteiger charge is 2.20. The fourth-order valence-electron chi connectivity index (χ4n) is 2.29.